The summed E-state index contributed by atoms with van der Waals surface area (Å²) in [5.41, 5.74) is 21.3. The van der Waals surface area contributed by atoms with Gasteiger partial charge in [0, 0.05) is 37.9 Å². The molecule has 346 valence electrons. The highest BCUT2D eigenvalue weighted by Crippen LogP contribution is 2.41. The van der Waals surface area contributed by atoms with Gasteiger partial charge in [0.2, 0.25) is 17.7 Å². The van der Waals surface area contributed by atoms with E-state index in [-0.39, 0.29) is 12.5 Å². The quantitative estimate of drug-likeness (QED) is 0.0288. The second-order valence-corrected chi connectivity index (χ2v) is 16.8. The van der Waals surface area contributed by atoms with E-state index in [1.807, 2.05) is 0 Å². The lowest BCUT2D eigenvalue weighted by atomic mass is 9.82. The number of hydrogen-bond acceptors (Lipinski definition) is 13. The highest BCUT2D eigenvalue weighted by atomic mass is 16.7. The summed E-state index contributed by atoms with van der Waals surface area (Å²) < 4.78 is 6.96. The van der Waals surface area contributed by atoms with Crippen LogP contribution in [0.25, 0.3) is 0 Å². The van der Waals surface area contributed by atoms with Gasteiger partial charge >= 0.3 is 5.69 Å². The second kappa shape index (κ2) is 25.9. The first-order valence-electron chi connectivity index (χ1n) is 22.5. The standard InChI is InChI=1S/C41H73N11O9/c1-2-3-4-5-6-7-8-9-10-11-12-13-14-18-28(49-36(56)27(43)17-15-21-46-40(44)45)37(57)47-25-26-24-29-31(38(58)48-26)34(61-52(29)22-16-20-42)35-32(54)33(55)39(60-35)51-23-19-30(53)50-41(51)59/h19,23,26-29,31-35,39,54-55H,2-18,20-22,24-25,42-43H2,1H3,(H,47,57)(H,48,58)(H,49,56)(H4,44,45,46)(H,50,53,59)/t26-,27-,28-,29-,31+,32-,33+,34+,35-,39+/m0/s1. The number of aromatic amines is 1. The fourth-order valence-corrected chi connectivity index (χ4v) is 8.52. The summed E-state index contributed by atoms with van der Waals surface area (Å²) in [4.78, 5) is 77.2. The number of aliphatic imine (C=N–C) groups is 1. The number of rotatable bonds is 28. The van der Waals surface area contributed by atoms with Crippen LogP contribution in [0.1, 0.15) is 129 Å². The Morgan fingerprint density at radius 3 is 2.18 bits per heavy atom. The molecule has 0 aliphatic carbocycles. The molecule has 1 aromatic heterocycles. The predicted molar refractivity (Wildman–Crippen MR) is 229 cm³/mol. The van der Waals surface area contributed by atoms with E-state index in [1.54, 1.807) is 5.06 Å². The fraction of sp³-hybridized carbons (Fsp3) is 0.805. The van der Waals surface area contributed by atoms with E-state index in [4.69, 9.17) is 32.5 Å². The topological polar surface area (TPSA) is 321 Å². The van der Waals surface area contributed by atoms with Gasteiger partial charge in [-0.25, -0.2) is 4.79 Å². The Morgan fingerprint density at radius 2 is 1.56 bits per heavy atom. The van der Waals surface area contributed by atoms with Crippen LogP contribution in [0, 0.1) is 5.92 Å². The third-order valence-corrected chi connectivity index (χ3v) is 11.9. The van der Waals surface area contributed by atoms with Crippen LogP contribution in [0.5, 0.6) is 0 Å². The van der Waals surface area contributed by atoms with Crippen molar-refractivity contribution in [1.82, 2.24) is 30.6 Å². The number of nitrogens with zero attached hydrogens (tertiary/aromatic N) is 3. The normalized spacial score (nSPS) is 26.0. The Bertz CT molecular complexity index is 1660. The number of hydrogen-bond donors (Lipinski definition) is 10. The summed E-state index contributed by atoms with van der Waals surface area (Å²) in [5, 5.41) is 32.4. The van der Waals surface area contributed by atoms with Gasteiger partial charge in [0.05, 0.1) is 18.0 Å². The van der Waals surface area contributed by atoms with Crippen molar-refractivity contribution in [2.24, 2.45) is 33.8 Å². The lowest BCUT2D eigenvalue weighted by Crippen LogP contribution is -2.59. The average Bonchev–Trinajstić information content (AvgIpc) is 3.74. The molecule has 0 aromatic carbocycles. The first-order valence-corrected chi connectivity index (χ1v) is 22.5. The largest absolute Gasteiger partial charge is 0.387 e. The van der Waals surface area contributed by atoms with E-state index in [9.17, 15) is 34.2 Å². The van der Waals surface area contributed by atoms with Gasteiger partial charge in [0.25, 0.3) is 5.56 Å². The number of hydroxylamine groups is 2. The monoisotopic (exact) mass is 864 g/mol. The molecule has 3 saturated heterocycles. The molecule has 0 spiro atoms. The minimum absolute atomic E-state index is 0.0429. The van der Waals surface area contributed by atoms with Crippen LogP contribution in [0.15, 0.2) is 26.8 Å². The van der Waals surface area contributed by atoms with Gasteiger partial charge in [-0.15, -0.1) is 0 Å². The number of unbranched alkanes of at least 4 members (excludes halogenated alkanes) is 12. The zero-order valence-corrected chi connectivity index (χ0v) is 35.9. The number of aromatic nitrogens is 2. The van der Waals surface area contributed by atoms with E-state index in [1.165, 1.54) is 57.8 Å². The molecule has 1 aromatic rings. The molecule has 0 saturated carbocycles. The molecule has 61 heavy (non-hydrogen) atoms. The number of nitrogens with one attached hydrogen (secondary N) is 4. The number of guanidine groups is 1. The number of H-pyrrole nitrogens is 1. The summed E-state index contributed by atoms with van der Waals surface area (Å²) in [6.07, 6.45) is 11.9. The molecule has 3 aliphatic rings. The number of carbonyl (C=O) groups is 3. The van der Waals surface area contributed by atoms with E-state index >= 15 is 0 Å². The van der Waals surface area contributed by atoms with Gasteiger partial charge in [-0.2, -0.15) is 5.06 Å². The van der Waals surface area contributed by atoms with Crippen LogP contribution in [0.3, 0.4) is 0 Å². The van der Waals surface area contributed by atoms with Crippen molar-refractivity contribution >= 4 is 23.7 Å². The molecule has 3 amide bonds. The lowest BCUT2D eigenvalue weighted by Gasteiger charge is -2.35. The van der Waals surface area contributed by atoms with Gasteiger partial charge in [-0.1, -0.05) is 90.4 Å². The number of nitrogens with two attached hydrogens (primary N) is 4. The molecule has 0 bridgehead atoms. The molecule has 14 N–H and O–H groups in total. The second-order valence-electron chi connectivity index (χ2n) is 16.8. The van der Waals surface area contributed by atoms with E-state index in [2.05, 4.69) is 32.9 Å². The minimum Gasteiger partial charge on any atom is -0.387 e. The van der Waals surface area contributed by atoms with E-state index in [0.717, 1.165) is 42.5 Å². The molecule has 20 nitrogen and oxygen atoms in total. The highest BCUT2D eigenvalue weighted by Gasteiger charge is 2.59. The minimum atomic E-state index is -1.57. The highest BCUT2D eigenvalue weighted by molar-refractivity contribution is 5.89. The molecule has 4 heterocycles. The van der Waals surface area contributed by atoms with Crippen LogP contribution in [-0.2, 0) is 24.0 Å². The van der Waals surface area contributed by atoms with Crippen molar-refractivity contribution in [2.75, 3.05) is 26.2 Å². The van der Waals surface area contributed by atoms with Crippen LogP contribution < -0.4 is 50.1 Å². The number of aliphatic hydroxyl groups is 2. The van der Waals surface area contributed by atoms with Crippen LogP contribution in [0.4, 0.5) is 0 Å². The first kappa shape index (κ1) is 49.7. The predicted octanol–water partition coefficient (Wildman–Crippen LogP) is -0.543. The lowest BCUT2D eigenvalue weighted by molar-refractivity contribution is -0.202. The van der Waals surface area contributed by atoms with Gasteiger partial charge < -0.3 is 53.8 Å². The first-order chi connectivity index (χ1) is 29.4. The van der Waals surface area contributed by atoms with Crippen molar-refractivity contribution < 1.29 is 34.2 Å². The van der Waals surface area contributed by atoms with Crippen molar-refractivity contribution in [3.05, 3.63) is 33.1 Å². The van der Waals surface area contributed by atoms with Crippen molar-refractivity contribution in [2.45, 2.75) is 177 Å². The average molecular weight is 864 g/mol. The van der Waals surface area contributed by atoms with Crippen LogP contribution >= 0.6 is 0 Å². The van der Waals surface area contributed by atoms with E-state index < -0.39 is 89.7 Å². The number of ether oxygens (including phenoxy) is 1. The Balaban J connectivity index is 1.34. The summed E-state index contributed by atoms with van der Waals surface area (Å²) >= 11 is 0. The summed E-state index contributed by atoms with van der Waals surface area (Å²) in [6, 6.07) is -1.64. The number of carbonyl (C=O) groups excluding carboxylic acids is 3. The number of fused-ring (bicyclic) bond motifs is 1. The maximum absolute atomic E-state index is 13.9. The Labute approximate surface area is 358 Å². The van der Waals surface area contributed by atoms with E-state index in [0.29, 0.717) is 51.7 Å². The summed E-state index contributed by atoms with van der Waals surface area (Å²) in [7, 11) is 0. The maximum Gasteiger partial charge on any atom is 0.330 e. The number of amides is 3. The number of piperidine rings is 1. The van der Waals surface area contributed by atoms with Gasteiger partial charge in [0.15, 0.2) is 12.2 Å². The molecule has 10 atom stereocenters. The fourth-order valence-electron chi connectivity index (χ4n) is 8.52. The molecule has 3 aliphatic heterocycles. The maximum atomic E-state index is 13.9. The zero-order chi connectivity index (χ0) is 44.3. The summed E-state index contributed by atoms with van der Waals surface area (Å²) in [5.74, 6) is -2.14. The molecule has 20 heteroatoms. The van der Waals surface area contributed by atoms with Crippen molar-refractivity contribution in [1.29, 1.82) is 0 Å². The molecular formula is C41H73N11O9. The van der Waals surface area contributed by atoms with Gasteiger partial charge in [-0.3, -0.25) is 38.6 Å². The molecule has 0 radical (unpaired) electrons. The Kier molecular flexibility index (Phi) is 21.1. The molecular weight excluding hydrogens is 791 g/mol. The summed E-state index contributed by atoms with van der Waals surface area (Å²) in [6.45, 7) is 3.32. The van der Waals surface area contributed by atoms with Gasteiger partial charge in [0.1, 0.15) is 30.5 Å². The zero-order valence-electron chi connectivity index (χ0n) is 35.9. The van der Waals surface area contributed by atoms with Crippen molar-refractivity contribution in [3.63, 3.8) is 0 Å². The van der Waals surface area contributed by atoms with Gasteiger partial charge in [-0.05, 0) is 38.6 Å². The Morgan fingerprint density at radius 1 is 0.902 bits per heavy atom. The third-order valence-electron chi connectivity index (χ3n) is 11.9. The SMILES string of the molecule is CCCCCCCCCCCCCCC[C@H](NC(=O)[C@@H](N)CCCN=C(N)N)C(=O)NC[C@@H]1C[C@H]2[C@@H](C(=O)N1)[C@H]([C@H]1O[C@@H](n3ccc(=O)[nH]c3=O)[C@H](O)[C@@H]1O)ON2CCCN. The number of aliphatic hydroxyl groups excluding tert-OH is 2. The van der Waals surface area contributed by atoms with Crippen LogP contribution in [-0.4, -0.2) is 123 Å². The smallest absolute Gasteiger partial charge is 0.330 e. The molecule has 0 unspecified atom stereocenters. The van der Waals surface area contributed by atoms with Crippen molar-refractivity contribution in [3.8, 4) is 0 Å². The third kappa shape index (κ3) is 15.1. The van der Waals surface area contributed by atoms with Crippen LogP contribution in [0.2, 0.25) is 0 Å². The molecule has 4 rings (SSSR count). The Hall–Kier alpha value is -3.92. The molecule has 3 fully saturated rings.